The number of aromatic nitrogens is 2. The molecular formula is C22H22N2. The predicted octanol–water partition coefficient (Wildman–Crippen LogP) is 5.63. The molecule has 2 heteroatoms. The lowest BCUT2D eigenvalue weighted by Crippen LogP contribution is -2.03. The normalized spacial score (nSPS) is 11.3. The van der Waals surface area contributed by atoms with Crippen LogP contribution in [0.3, 0.4) is 0 Å². The smallest absolute Gasteiger partial charge is 0.0575 e. The summed E-state index contributed by atoms with van der Waals surface area (Å²) >= 11 is 0. The maximum atomic E-state index is 2.34. The number of rotatable bonds is 2. The van der Waals surface area contributed by atoms with Crippen LogP contribution in [0, 0.1) is 27.7 Å². The van der Waals surface area contributed by atoms with Crippen LogP contribution in [0.2, 0.25) is 0 Å². The van der Waals surface area contributed by atoms with Crippen molar-refractivity contribution in [1.29, 1.82) is 0 Å². The van der Waals surface area contributed by atoms with Crippen molar-refractivity contribution in [3.63, 3.8) is 0 Å². The first-order valence-corrected chi connectivity index (χ1v) is 8.38. The molecule has 0 fully saturated rings. The first-order chi connectivity index (χ1) is 11.6. The lowest BCUT2D eigenvalue weighted by molar-refractivity contribution is 1.04. The Kier molecular flexibility index (Phi) is 3.34. The van der Waals surface area contributed by atoms with Crippen LogP contribution in [0.5, 0.6) is 0 Å². The molecule has 0 saturated carbocycles. The molecule has 0 aliphatic carbocycles. The second kappa shape index (κ2) is 5.41. The average molecular weight is 314 g/mol. The van der Waals surface area contributed by atoms with Gasteiger partial charge in [-0.1, -0.05) is 18.2 Å². The Morgan fingerprint density at radius 2 is 1.46 bits per heavy atom. The zero-order valence-corrected chi connectivity index (χ0v) is 14.7. The largest absolute Gasteiger partial charge is 0.323 e. The summed E-state index contributed by atoms with van der Waals surface area (Å²) in [5.74, 6) is 0. The summed E-state index contributed by atoms with van der Waals surface area (Å²) in [5.41, 5.74) is 10.3. The Hall–Kier alpha value is -2.74. The SMILES string of the molecule is Cc1cc2cccn2cc1-c1c(C)ccn1-c1c(C)cccc1C. The first kappa shape index (κ1) is 14.8. The van der Waals surface area contributed by atoms with E-state index in [0.29, 0.717) is 0 Å². The van der Waals surface area contributed by atoms with Gasteiger partial charge in [-0.25, -0.2) is 0 Å². The van der Waals surface area contributed by atoms with Gasteiger partial charge in [0, 0.05) is 29.7 Å². The van der Waals surface area contributed by atoms with Crippen molar-refractivity contribution in [3.8, 4) is 16.9 Å². The van der Waals surface area contributed by atoms with Crippen LogP contribution in [0.15, 0.2) is 61.1 Å². The van der Waals surface area contributed by atoms with Gasteiger partial charge in [-0.15, -0.1) is 0 Å². The summed E-state index contributed by atoms with van der Waals surface area (Å²) < 4.78 is 4.54. The van der Waals surface area contributed by atoms with Gasteiger partial charge in [0.15, 0.2) is 0 Å². The summed E-state index contributed by atoms with van der Waals surface area (Å²) in [4.78, 5) is 0. The molecule has 120 valence electrons. The van der Waals surface area contributed by atoms with E-state index in [2.05, 4.69) is 97.7 Å². The summed E-state index contributed by atoms with van der Waals surface area (Å²) in [6, 6.07) is 15.2. The molecular weight excluding hydrogens is 292 g/mol. The Morgan fingerprint density at radius 3 is 2.21 bits per heavy atom. The topological polar surface area (TPSA) is 9.34 Å². The highest BCUT2D eigenvalue weighted by atomic mass is 15.0. The second-order valence-electron chi connectivity index (χ2n) is 6.67. The molecule has 0 amide bonds. The fourth-order valence-electron chi connectivity index (χ4n) is 3.68. The van der Waals surface area contributed by atoms with E-state index < -0.39 is 0 Å². The molecule has 3 aromatic heterocycles. The van der Waals surface area contributed by atoms with Gasteiger partial charge in [-0.2, -0.15) is 0 Å². The third kappa shape index (κ3) is 2.18. The fourth-order valence-corrected chi connectivity index (χ4v) is 3.68. The zero-order valence-electron chi connectivity index (χ0n) is 14.7. The molecule has 4 aromatic rings. The molecule has 3 heterocycles. The molecule has 24 heavy (non-hydrogen) atoms. The van der Waals surface area contributed by atoms with Gasteiger partial charge in [-0.3, -0.25) is 0 Å². The molecule has 4 rings (SSSR count). The monoisotopic (exact) mass is 314 g/mol. The van der Waals surface area contributed by atoms with Crippen molar-refractivity contribution in [1.82, 2.24) is 8.97 Å². The van der Waals surface area contributed by atoms with Crippen LogP contribution in [0.25, 0.3) is 22.5 Å². The molecule has 0 aliphatic heterocycles. The van der Waals surface area contributed by atoms with Gasteiger partial charge in [-0.05, 0) is 74.2 Å². The number of hydrogen-bond donors (Lipinski definition) is 0. The van der Waals surface area contributed by atoms with Gasteiger partial charge in [0.25, 0.3) is 0 Å². The van der Waals surface area contributed by atoms with E-state index in [1.54, 1.807) is 0 Å². The highest BCUT2D eigenvalue weighted by Crippen LogP contribution is 2.33. The summed E-state index contributed by atoms with van der Waals surface area (Å²) in [6.45, 7) is 8.76. The minimum atomic E-state index is 1.24. The molecule has 0 bridgehead atoms. The van der Waals surface area contributed by atoms with E-state index in [1.165, 1.54) is 44.7 Å². The summed E-state index contributed by atoms with van der Waals surface area (Å²) in [5, 5.41) is 0. The highest BCUT2D eigenvalue weighted by molar-refractivity contribution is 5.73. The molecule has 2 nitrogen and oxygen atoms in total. The van der Waals surface area contributed by atoms with Crippen LogP contribution < -0.4 is 0 Å². The molecule has 0 spiro atoms. The molecule has 1 aromatic carbocycles. The lowest BCUT2D eigenvalue weighted by atomic mass is 10.0. The predicted molar refractivity (Wildman–Crippen MR) is 101 cm³/mol. The Bertz CT molecular complexity index is 1030. The van der Waals surface area contributed by atoms with Crippen molar-refractivity contribution in [2.75, 3.05) is 0 Å². The maximum Gasteiger partial charge on any atom is 0.0575 e. The zero-order chi connectivity index (χ0) is 16.8. The number of hydrogen-bond acceptors (Lipinski definition) is 0. The Morgan fingerprint density at radius 1 is 0.708 bits per heavy atom. The second-order valence-corrected chi connectivity index (χ2v) is 6.67. The van der Waals surface area contributed by atoms with E-state index in [4.69, 9.17) is 0 Å². The maximum absolute atomic E-state index is 2.34. The Labute approximate surface area is 143 Å². The Balaban J connectivity index is 2.02. The van der Waals surface area contributed by atoms with Crippen LogP contribution >= 0.6 is 0 Å². The van der Waals surface area contributed by atoms with Crippen LogP contribution in [0.4, 0.5) is 0 Å². The summed E-state index contributed by atoms with van der Waals surface area (Å²) in [6.07, 6.45) is 6.55. The number of nitrogens with zero attached hydrogens (tertiary/aromatic N) is 2. The number of para-hydroxylation sites is 1. The molecule has 0 saturated heterocycles. The fraction of sp³-hybridized carbons (Fsp3) is 0.182. The van der Waals surface area contributed by atoms with Crippen molar-refractivity contribution in [2.45, 2.75) is 27.7 Å². The van der Waals surface area contributed by atoms with E-state index in [1.807, 2.05) is 0 Å². The number of aryl methyl sites for hydroxylation is 4. The van der Waals surface area contributed by atoms with Crippen molar-refractivity contribution >= 4 is 5.52 Å². The number of benzene rings is 1. The van der Waals surface area contributed by atoms with Crippen molar-refractivity contribution < 1.29 is 0 Å². The van der Waals surface area contributed by atoms with Crippen molar-refractivity contribution in [3.05, 3.63) is 83.3 Å². The van der Waals surface area contributed by atoms with Gasteiger partial charge in [0.05, 0.1) is 11.4 Å². The number of fused-ring (bicyclic) bond motifs is 1. The standard InChI is InChI=1S/C22H22N2/c1-15-7-5-8-16(2)21(15)24-12-10-17(3)22(24)20-14-23-11-6-9-19(23)13-18(20)4/h5-14H,1-4H3. The van der Waals surface area contributed by atoms with E-state index in [0.717, 1.165) is 0 Å². The lowest BCUT2D eigenvalue weighted by Gasteiger charge is -2.17. The molecule has 0 aliphatic rings. The number of pyridine rings is 1. The van der Waals surface area contributed by atoms with Gasteiger partial charge < -0.3 is 8.97 Å². The quantitative estimate of drug-likeness (QED) is 0.453. The molecule has 0 N–H and O–H groups in total. The highest BCUT2D eigenvalue weighted by Gasteiger charge is 2.15. The minimum Gasteiger partial charge on any atom is -0.323 e. The van der Waals surface area contributed by atoms with E-state index in [9.17, 15) is 0 Å². The molecule has 0 radical (unpaired) electrons. The van der Waals surface area contributed by atoms with Crippen molar-refractivity contribution in [2.24, 2.45) is 0 Å². The van der Waals surface area contributed by atoms with Gasteiger partial charge in [0.1, 0.15) is 0 Å². The minimum absolute atomic E-state index is 1.24. The van der Waals surface area contributed by atoms with Gasteiger partial charge >= 0.3 is 0 Å². The average Bonchev–Trinajstić information content (AvgIpc) is 3.13. The van der Waals surface area contributed by atoms with E-state index in [-0.39, 0.29) is 0 Å². The molecule has 0 unspecified atom stereocenters. The van der Waals surface area contributed by atoms with Crippen LogP contribution in [0.1, 0.15) is 22.3 Å². The summed E-state index contributed by atoms with van der Waals surface area (Å²) in [7, 11) is 0. The third-order valence-corrected chi connectivity index (χ3v) is 4.89. The third-order valence-electron chi connectivity index (χ3n) is 4.89. The van der Waals surface area contributed by atoms with E-state index >= 15 is 0 Å². The van der Waals surface area contributed by atoms with Crippen LogP contribution in [-0.2, 0) is 0 Å². The first-order valence-electron chi connectivity index (χ1n) is 8.38. The molecule has 0 atom stereocenters. The van der Waals surface area contributed by atoms with Crippen LogP contribution in [-0.4, -0.2) is 8.97 Å². The van der Waals surface area contributed by atoms with Gasteiger partial charge in [0.2, 0.25) is 0 Å².